The van der Waals surface area contributed by atoms with Gasteiger partial charge in [0.25, 0.3) is 0 Å². The van der Waals surface area contributed by atoms with E-state index in [-0.39, 0.29) is 12.0 Å². The maximum atomic E-state index is 12.7. The van der Waals surface area contributed by atoms with Crippen molar-refractivity contribution in [1.29, 1.82) is 0 Å². The molecule has 182 valence electrons. The molecular weight excluding hydrogens is 441 g/mol. The first kappa shape index (κ1) is 25.2. The Bertz CT molecular complexity index is 831. The fourth-order valence-electron chi connectivity index (χ4n) is 4.40. The van der Waals surface area contributed by atoms with Crippen LogP contribution in [0.5, 0.6) is 0 Å². The smallest absolute Gasteiger partial charge is 0.475 e. The lowest BCUT2D eigenvalue weighted by molar-refractivity contribution is -0.192. The minimum Gasteiger partial charge on any atom is -0.475 e. The van der Waals surface area contributed by atoms with Gasteiger partial charge >= 0.3 is 12.1 Å². The largest absolute Gasteiger partial charge is 0.490 e. The van der Waals surface area contributed by atoms with Crippen LogP contribution in [0.25, 0.3) is 0 Å². The summed E-state index contributed by atoms with van der Waals surface area (Å²) in [6.45, 7) is 3.77. The molecule has 10 heteroatoms. The summed E-state index contributed by atoms with van der Waals surface area (Å²) in [5.41, 5.74) is 2.17. The number of likely N-dealkylation sites (tertiary alicyclic amines) is 1. The molecule has 3 heterocycles. The molecule has 0 unspecified atom stereocenters. The van der Waals surface area contributed by atoms with E-state index in [9.17, 15) is 18.0 Å². The summed E-state index contributed by atoms with van der Waals surface area (Å²) in [6, 6.07) is 3.96. The topological polar surface area (TPSA) is 89.0 Å². The Balaban J connectivity index is 0.000000383. The van der Waals surface area contributed by atoms with Gasteiger partial charge in [0.2, 0.25) is 5.91 Å². The van der Waals surface area contributed by atoms with Gasteiger partial charge in [-0.3, -0.25) is 9.78 Å². The number of carbonyl (C=O) groups excluding carboxylic acids is 1. The molecule has 0 spiro atoms. The number of rotatable bonds is 6. The van der Waals surface area contributed by atoms with E-state index in [0.29, 0.717) is 18.4 Å². The quantitative estimate of drug-likeness (QED) is 0.640. The number of allylic oxidation sites excluding steroid dienone is 1. The third-order valence-corrected chi connectivity index (χ3v) is 6.19. The summed E-state index contributed by atoms with van der Waals surface area (Å²) < 4.78 is 43.6. The van der Waals surface area contributed by atoms with Crippen molar-refractivity contribution < 1.29 is 37.3 Å². The number of pyridine rings is 1. The lowest BCUT2D eigenvalue weighted by Crippen LogP contribution is -2.32. The fraction of sp³-hybridized carbons (Fsp3) is 0.609. The highest BCUT2D eigenvalue weighted by Crippen LogP contribution is 2.36. The van der Waals surface area contributed by atoms with Crippen LogP contribution in [0.15, 0.2) is 36.2 Å². The van der Waals surface area contributed by atoms with E-state index in [1.165, 1.54) is 6.42 Å². The number of amides is 1. The number of alkyl halides is 3. The van der Waals surface area contributed by atoms with Crippen molar-refractivity contribution >= 4 is 11.9 Å². The molecule has 2 fully saturated rings. The van der Waals surface area contributed by atoms with E-state index in [1.807, 2.05) is 17.0 Å². The van der Waals surface area contributed by atoms with Crippen molar-refractivity contribution in [3.05, 3.63) is 41.7 Å². The minimum absolute atomic E-state index is 0.216. The maximum Gasteiger partial charge on any atom is 0.490 e. The van der Waals surface area contributed by atoms with Crippen LogP contribution >= 0.6 is 0 Å². The molecule has 2 aliphatic heterocycles. The Morgan fingerprint density at radius 3 is 2.58 bits per heavy atom. The van der Waals surface area contributed by atoms with Gasteiger partial charge in [0.1, 0.15) is 0 Å². The molecule has 0 radical (unpaired) electrons. The first-order valence-corrected chi connectivity index (χ1v) is 11.1. The predicted octanol–water partition coefficient (Wildman–Crippen LogP) is 3.60. The van der Waals surface area contributed by atoms with Crippen molar-refractivity contribution in [1.82, 2.24) is 9.88 Å². The zero-order valence-electron chi connectivity index (χ0n) is 18.3. The van der Waals surface area contributed by atoms with Crippen molar-refractivity contribution in [2.24, 2.45) is 11.8 Å². The van der Waals surface area contributed by atoms with Crippen LogP contribution in [0.2, 0.25) is 0 Å². The molecule has 1 N–H and O–H groups in total. The maximum absolute atomic E-state index is 12.7. The van der Waals surface area contributed by atoms with E-state index in [4.69, 9.17) is 19.4 Å². The van der Waals surface area contributed by atoms with Crippen LogP contribution in [-0.4, -0.2) is 65.5 Å². The molecule has 33 heavy (non-hydrogen) atoms. The van der Waals surface area contributed by atoms with Crippen molar-refractivity contribution in [3.8, 4) is 0 Å². The molecule has 1 amide bonds. The molecule has 3 aliphatic rings. The Kier molecular flexibility index (Phi) is 8.85. The summed E-state index contributed by atoms with van der Waals surface area (Å²) in [4.78, 5) is 27.7. The summed E-state index contributed by atoms with van der Waals surface area (Å²) >= 11 is 0. The second kappa shape index (κ2) is 11.6. The van der Waals surface area contributed by atoms with Crippen molar-refractivity contribution in [3.63, 3.8) is 0 Å². The highest BCUT2D eigenvalue weighted by Gasteiger charge is 2.45. The van der Waals surface area contributed by atoms with E-state index in [1.54, 1.807) is 12.4 Å². The van der Waals surface area contributed by atoms with Crippen LogP contribution in [-0.2, 0) is 25.7 Å². The zero-order chi connectivity index (χ0) is 23.8. The van der Waals surface area contributed by atoms with Gasteiger partial charge in [-0.15, -0.1) is 0 Å². The molecule has 0 bridgehead atoms. The molecule has 7 nitrogen and oxygen atoms in total. The molecule has 1 aliphatic carbocycles. The number of fused-ring (bicyclic) bond motifs is 1. The summed E-state index contributed by atoms with van der Waals surface area (Å²) in [5, 5.41) is 7.12. The predicted molar refractivity (Wildman–Crippen MR) is 112 cm³/mol. The molecule has 0 aromatic carbocycles. The first-order valence-electron chi connectivity index (χ1n) is 11.1. The fourth-order valence-corrected chi connectivity index (χ4v) is 4.40. The molecular formula is C23H29F3N2O5. The second-order valence-electron chi connectivity index (χ2n) is 8.48. The Morgan fingerprint density at radius 1 is 1.21 bits per heavy atom. The van der Waals surface area contributed by atoms with Gasteiger partial charge in [-0.2, -0.15) is 13.2 Å². The normalized spacial score (nSPS) is 24.5. The lowest BCUT2D eigenvalue weighted by Gasteiger charge is -2.22. The van der Waals surface area contributed by atoms with Crippen LogP contribution < -0.4 is 0 Å². The summed E-state index contributed by atoms with van der Waals surface area (Å²) in [6.07, 6.45) is 6.21. The second-order valence-corrected chi connectivity index (χ2v) is 8.48. The van der Waals surface area contributed by atoms with Crippen molar-refractivity contribution in [2.45, 2.75) is 51.0 Å². The van der Waals surface area contributed by atoms with E-state index >= 15 is 0 Å². The summed E-state index contributed by atoms with van der Waals surface area (Å²) in [7, 11) is 0. The van der Waals surface area contributed by atoms with Crippen LogP contribution in [0.4, 0.5) is 13.2 Å². The molecule has 2 saturated heterocycles. The average molecular weight is 470 g/mol. The summed E-state index contributed by atoms with van der Waals surface area (Å²) in [5.74, 6) is -1.55. The van der Waals surface area contributed by atoms with E-state index in [0.717, 1.165) is 63.1 Å². The Morgan fingerprint density at radius 2 is 1.94 bits per heavy atom. The number of carboxylic acids is 1. The van der Waals surface area contributed by atoms with Gasteiger partial charge in [-0.05, 0) is 55.7 Å². The third kappa shape index (κ3) is 7.26. The number of nitrogens with zero attached hydrogens (tertiary/aromatic N) is 2. The van der Waals surface area contributed by atoms with Gasteiger partial charge < -0.3 is 19.5 Å². The Hall–Kier alpha value is -2.46. The number of ether oxygens (including phenoxy) is 2. The van der Waals surface area contributed by atoms with Crippen LogP contribution in [0.3, 0.4) is 0 Å². The van der Waals surface area contributed by atoms with E-state index in [2.05, 4.69) is 11.1 Å². The number of hydrogen-bond donors (Lipinski definition) is 1. The number of carbonyl (C=O) groups is 2. The number of aliphatic carboxylic acids is 1. The molecule has 1 aromatic heterocycles. The highest BCUT2D eigenvalue weighted by molar-refractivity contribution is 5.93. The number of aromatic nitrogens is 1. The first-order chi connectivity index (χ1) is 15.8. The SMILES string of the molecule is O=C(C1=CCCCC1)N1C[C@H]2[C@@H](CCOCc3ccncc3)CO[C@H]2C1.O=C(O)C(F)(F)F. The number of hydrogen-bond acceptors (Lipinski definition) is 5. The molecule has 3 atom stereocenters. The lowest BCUT2D eigenvalue weighted by atomic mass is 9.91. The monoisotopic (exact) mass is 470 g/mol. The average Bonchev–Trinajstić information content (AvgIpc) is 3.39. The highest BCUT2D eigenvalue weighted by atomic mass is 19.4. The third-order valence-electron chi connectivity index (χ3n) is 6.19. The van der Waals surface area contributed by atoms with Gasteiger partial charge in [-0.1, -0.05) is 6.08 Å². The zero-order valence-corrected chi connectivity index (χ0v) is 18.3. The van der Waals surface area contributed by atoms with Gasteiger partial charge in [-0.25, -0.2) is 4.79 Å². The molecule has 1 aromatic rings. The number of carboxylic acid groups (broad SMARTS) is 1. The molecule has 4 rings (SSSR count). The van der Waals surface area contributed by atoms with Gasteiger partial charge in [0.15, 0.2) is 0 Å². The van der Waals surface area contributed by atoms with Gasteiger partial charge in [0, 0.05) is 43.6 Å². The molecule has 0 saturated carbocycles. The van der Waals surface area contributed by atoms with E-state index < -0.39 is 12.1 Å². The van der Waals surface area contributed by atoms with Gasteiger partial charge in [0.05, 0.1) is 19.3 Å². The minimum atomic E-state index is -5.08. The standard InChI is InChI=1S/C21H28N2O3.C2HF3O2/c24-21(17-4-2-1-3-5-17)23-12-19-18(15-26-20(19)13-23)8-11-25-14-16-6-9-22-10-7-16;3-2(4,5)1(6)7/h4,6-7,9-10,18-20H,1-3,5,8,11-15H2;(H,6,7)/t18-,19-,20-;/m0./s1. The Labute approximate surface area is 190 Å². The van der Waals surface area contributed by atoms with Crippen molar-refractivity contribution in [2.75, 3.05) is 26.3 Å². The van der Waals surface area contributed by atoms with Crippen LogP contribution in [0.1, 0.15) is 37.7 Å². The van der Waals surface area contributed by atoms with Crippen LogP contribution in [0, 0.1) is 11.8 Å². The number of halogens is 3.